The predicted octanol–water partition coefficient (Wildman–Crippen LogP) is 3.43. The molecule has 142 valence electrons. The van der Waals surface area contributed by atoms with Crippen molar-refractivity contribution in [3.05, 3.63) is 29.8 Å². The Balaban J connectivity index is 1.68. The first kappa shape index (κ1) is 18.7. The summed E-state index contributed by atoms with van der Waals surface area (Å²) in [7, 11) is 0. The molecule has 5 heteroatoms. The Morgan fingerprint density at radius 3 is 2.62 bits per heavy atom. The van der Waals surface area contributed by atoms with Crippen molar-refractivity contribution in [1.29, 1.82) is 0 Å². The monoisotopic (exact) mass is 358 g/mol. The van der Waals surface area contributed by atoms with Gasteiger partial charge in [0.15, 0.2) is 0 Å². The predicted molar refractivity (Wildman–Crippen MR) is 101 cm³/mol. The largest absolute Gasteiger partial charge is 0.507 e. The fourth-order valence-corrected chi connectivity index (χ4v) is 4.37. The number of rotatable bonds is 4. The van der Waals surface area contributed by atoms with Gasteiger partial charge in [-0.1, -0.05) is 31.9 Å². The van der Waals surface area contributed by atoms with Gasteiger partial charge in [0.2, 0.25) is 5.91 Å². The van der Waals surface area contributed by atoms with Crippen LogP contribution in [0.2, 0.25) is 0 Å². The number of aromatic hydroxyl groups is 1. The van der Waals surface area contributed by atoms with Crippen LogP contribution >= 0.6 is 0 Å². The van der Waals surface area contributed by atoms with Crippen molar-refractivity contribution in [2.45, 2.75) is 57.9 Å². The summed E-state index contributed by atoms with van der Waals surface area (Å²) in [5, 5.41) is 9.99. The second-order valence-corrected chi connectivity index (χ2v) is 7.58. The quantitative estimate of drug-likeness (QED) is 0.897. The first-order valence-corrected chi connectivity index (χ1v) is 9.99. The first-order valence-electron chi connectivity index (χ1n) is 9.99. The zero-order valence-corrected chi connectivity index (χ0v) is 15.7. The van der Waals surface area contributed by atoms with Crippen molar-refractivity contribution in [2.24, 2.45) is 5.92 Å². The van der Waals surface area contributed by atoms with Gasteiger partial charge < -0.3 is 14.9 Å². The Morgan fingerprint density at radius 2 is 1.85 bits per heavy atom. The van der Waals surface area contributed by atoms with E-state index in [0.29, 0.717) is 13.0 Å². The van der Waals surface area contributed by atoms with Crippen molar-refractivity contribution in [1.82, 2.24) is 9.80 Å². The van der Waals surface area contributed by atoms with Crippen LogP contribution in [0.25, 0.3) is 0 Å². The number of hydrogen-bond acceptors (Lipinski definition) is 3. The molecule has 0 bridgehead atoms. The summed E-state index contributed by atoms with van der Waals surface area (Å²) in [6.07, 6.45) is 7.31. The zero-order chi connectivity index (χ0) is 18.5. The molecule has 26 heavy (non-hydrogen) atoms. The van der Waals surface area contributed by atoms with Gasteiger partial charge >= 0.3 is 0 Å². The maximum atomic E-state index is 13.1. The third-order valence-electron chi connectivity index (χ3n) is 5.79. The Morgan fingerprint density at radius 1 is 1.08 bits per heavy atom. The standard InChI is InChI=1S/C21H30N2O3/c1-2-7-16-8-5-13-22(15-12-16)21(26)18-10-6-14-23(18)20(25)17-9-3-4-11-19(17)24/h3-4,9,11,16,18,24H,2,5-8,10,12-15H2,1H3/t16-,18+/m1/s1. The van der Waals surface area contributed by atoms with E-state index in [1.165, 1.54) is 25.3 Å². The average Bonchev–Trinajstić information content (AvgIpc) is 3.02. The van der Waals surface area contributed by atoms with Gasteiger partial charge in [-0.15, -0.1) is 0 Å². The fraction of sp³-hybridized carbons (Fsp3) is 0.619. The van der Waals surface area contributed by atoms with Gasteiger partial charge in [-0.25, -0.2) is 0 Å². The fourth-order valence-electron chi connectivity index (χ4n) is 4.37. The van der Waals surface area contributed by atoms with Gasteiger partial charge in [0.25, 0.3) is 5.91 Å². The molecule has 1 N–H and O–H groups in total. The molecule has 1 aromatic rings. The van der Waals surface area contributed by atoms with E-state index >= 15 is 0 Å². The lowest BCUT2D eigenvalue weighted by Gasteiger charge is -2.30. The van der Waals surface area contributed by atoms with Crippen LogP contribution in [0.4, 0.5) is 0 Å². The second kappa shape index (κ2) is 8.56. The van der Waals surface area contributed by atoms with Crippen LogP contribution in [0.15, 0.2) is 24.3 Å². The summed E-state index contributed by atoms with van der Waals surface area (Å²) in [6, 6.07) is 6.19. The maximum Gasteiger partial charge on any atom is 0.258 e. The lowest BCUT2D eigenvalue weighted by Crippen LogP contribution is -2.48. The van der Waals surface area contributed by atoms with Crippen molar-refractivity contribution < 1.29 is 14.7 Å². The van der Waals surface area contributed by atoms with Gasteiger partial charge in [0.05, 0.1) is 5.56 Å². The van der Waals surface area contributed by atoms with E-state index in [1.54, 1.807) is 23.1 Å². The summed E-state index contributed by atoms with van der Waals surface area (Å²) in [6.45, 7) is 4.40. The Labute approximate surface area is 156 Å². The van der Waals surface area contributed by atoms with Crippen LogP contribution in [-0.2, 0) is 4.79 Å². The van der Waals surface area contributed by atoms with E-state index in [4.69, 9.17) is 0 Å². The van der Waals surface area contributed by atoms with Crippen molar-refractivity contribution >= 4 is 11.8 Å². The van der Waals surface area contributed by atoms with Crippen molar-refractivity contribution in [3.63, 3.8) is 0 Å². The summed E-state index contributed by atoms with van der Waals surface area (Å²) >= 11 is 0. The molecule has 0 aliphatic carbocycles. The van der Waals surface area contributed by atoms with Gasteiger partial charge in [0.1, 0.15) is 11.8 Å². The number of phenolic OH excluding ortho intramolecular Hbond substituents is 1. The summed E-state index contributed by atoms with van der Waals surface area (Å²) in [5.41, 5.74) is 0.283. The van der Waals surface area contributed by atoms with Gasteiger partial charge in [0, 0.05) is 19.6 Å². The molecule has 0 aromatic heterocycles. The van der Waals surface area contributed by atoms with Crippen LogP contribution < -0.4 is 0 Å². The number of carbonyl (C=O) groups is 2. The number of nitrogens with zero attached hydrogens (tertiary/aromatic N) is 2. The maximum absolute atomic E-state index is 13.1. The van der Waals surface area contributed by atoms with Crippen LogP contribution in [-0.4, -0.2) is 52.4 Å². The molecular formula is C21H30N2O3. The van der Waals surface area contributed by atoms with E-state index in [0.717, 1.165) is 38.3 Å². The highest BCUT2D eigenvalue weighted by molar-refractivity contribution is 5.99. The summed E-state index contributed by atoms with van der Waals surface area (Å²) < 4.78 is 0. The molecule has 2 heterocycles. The molecule has 2 saturated heterocycles. The molecular weight excluding hydrogens is 328 g/mol. The van der Waals surface area contributed by atoms with E-state index in [2.05, 4.69) is 6.92 Å². The molecule has 0 saturated carbocycles. The first-order chi connectivity index (χ1) is 12.6. The normalized spacial score (nSPS) is 23.7. The zero-order valence-electron chi connectivity index (χ0n) is 15.7. The molecule has 2 amide bonds. The number of amides is 2. The highest BCUT2D eigenvalue weighted by Gasteiger charge is 2.37. The molecule has 0 spiro atoms. The van der Waals surface area contributed by atoms with Crippen LogP contribution in [0.3, 0.4) is 0 Å². The second-order valence-electron chi connectivity index (χ2n) is 7.58. The topological polar surface area (TPSA) is 60.9 Å². The SMILES string of the molecule is CCC[C@@H]1CCCN(C(=O)[C@@H]2CCCN2C(=O)c2ccccc2O)CC1. The lowest BCUT2D eigenvalue weighted by atomic mass is 9.96. The molecule has 2 aliphatic rings. The van der Waals surface area contributed by atoms with E-state index in [1.807, 2.05) is 4.90 Å². The third kappa shape index (κ3) is 4.02. The lowest BCUT2D eigenvalue weighted by molar-refractivity contribution is -0.135. The number of likely N-dealkylation sites (tertiary alicyclic amines) is 2. The van der Waals surface area contributed by atoms with Crippen LogP contribution in [0, 0.1) is 5.92 Å². The Hall–Kier alpha value is -2.04. The smallest absolute Gasteiger partial charge is 0.258 e. The molecule has 5 nitrogen and oxygen atoms in total. The van der Waals surface area contributed by atoms with Gasteiger partial charge in [-0.2, -0.15) is 0 Å². The number of carbonyl (C=O) groups excluding carboxylic acids is 2. The summed E-state index contributed by atoms with van der Waals surface area (Å²) in [5.74, 6) is 0.550. The Kier molecular flexibility index (Phi) is 6.17. The van der Waals surface area contributed by atoms with Crippen molar-refractivity contribution in [2.75, 3.05) is 19.6 Å². The minimum atomic E-state index is -0.384. The average molecular weight is 358 g/mol. The molecule has 0 radical (unpaired) electrons. The van der Waals surface area contributed by atoms with Crippen molar-refractivity contribution in [3.8, 4) is 5.75 Å². The molecule has 1 aromatic carbocycles. The highest BCUT2D eigenvalue weighted by Crippen LogP contribution is 2.27. The molecule has 0 unspecified atom stereocenters. The molecule has 2 atom stereocenters. The molecule has 2 fully saturated rings. The van der Waals surface area contributed by atoms with E-state index in [9.17, 15) is 14.7 Å². The number of hydrogen-bond donors (Lipinski definition) is 1. The number of benzene rings is 1. The third-order valence-corrected chi connectivity index (χ3v) is 5.79. The van der Waals surface area contributed by atoms with Gasteiger partial charge in [-0.3, -0.25) is 9.59 Å². The van der Waals surface area contributed by atoms with E-state index in [-0.39, 0.29) is 29.2 Å². The minimum absolute atomic E-state index is 0.0206. The highest BCUT2D eigenvalue weighted by atomic mass is 16.3. The van der Waals surface area contributed by atoms with Crippen LogP contribution in [0.5, 0.6) is 5.75 Å². The molecule has 2 aliphatic heterocycles. The Bertz CT molecular complexity index is 646. The van der Waals surface area contributed by atoms with Gasteiger partial charge in [-0.05, 0) is 50.2 Å². The van der Waals surface area contributed by atoms with Crippen LogP contribution in [0.1, 0.15) is 62.2 Å². The summed E-state index contributed by atoms with van der Waals surface area (Å²) in [4.78, 5) is 29.6. The number of phenols is 1. The number of para-hydroxylation sites is 1. The molecule has 3 rings (SSSR count). The minimum Gasteiger partial charge on any atom is -0.507 e. The van der Waals surface area contributed by atoms with E-state index < -0.39 is 0 Å².